The van der Waals surface area contributed by atoms with Crippen molar-refractivity contribution in [2.24, 2.45) is 0 Å². The first-order chi connectivity index (χ1) is 15.2. The van der Waals surface area contributed by atoms with Crippen molar-refractivity contribution in [1.29, 1.82) is 0 Å². The first-order valence-electron chi connectivity index (χ1n) is 10.1. The van der Waals surface area contributed by atoms with Gasteiger partial charge in [0, 0.05) is 61.7 Å². The first kappa shape index (κ1) is 19.0. The maximum Gasteiger partial charge on any atom is 0.257 e. The molecule has 2 N–H and O–H groups in total. The lowest BCUT2D eigenvalue weighted by Crippen LogP contribution is -2.47. The molecular formula is C23H21FN6O. The topological polar surface area (TPSA) is 73.4 Å². The molecule has 1 aromatic heterocycles. The van der Waals surface area contributed by atoms with Crippen LogP contribution in [0.4, 0.5) is 27.3 Å². The molecule has 1 saturated heterocycles. The lowest BCUT2D eigenvalue weighted by molar-refractivity contribution is -0.110. The van der Waals surface area contributed by atoms with Crippen LogP contribution in [0.25, 0.3) is 5.57 Å². The standard InChI is InChI=1S/C23H21FN6O/c24-19-13-16(27-14-18-17-3-1-2-4-20(17)28-23(18)31)5-6-21(19)29-9-11-30(12-10-29)22-15-25-7-8-26-22/h1-8,13-15,27H,9-12H2,(H,28,31). The number of hydrogen-bond donors (Lipinski definition) is 2. The van der Waals surface area contributed by atoms with Gasteiger partial charge in [-0.1, -0.05) is 18.2 Å². The smallest absolute Gasteiger partial charge is 0.257 e. The molecule has 0 saturated carbocycles. The zero-order chi connectivity index (χ0) is 21.2. The van der Waals surface area contributed by atoms with E-state index < -0.39 is 0 Å². The summed E-state index contributed by atoms with van der Waals surface area (Å²) in [5.74, 6) is 0.368. The van der Waals surface area contributed by atoms with E-state index in [9.17, 15) is 9.18 Å². The van der Waals surface area contributed by atoms with Crippen LogP contribution in [0.5, 0.6) is 0 Å². The van der Waals surface area contributed by atoms with Gasteiger partial charge in [-0.2, -0.15) is 0 Å². The molecule has 3 heterocycles. The largest absolute Gasteiger partial charge is 0.366 e. The Bertz CT molecular complexity index is 1140. The van der Waals surface area contributed by atoms with Crippen LogP contribution in [0.1, 0.15) is 5.56 Å². The highest BCUT2D eigenvalue weighted by Gasteiger charge is 2.24. The Morgan fingerprint density at radius 1 is 1.03 bits per heavy atom. The predicted octanol–water partition coefficient (Wildman–Crippen LogP) is 3.35. The number of carbonyl (C=O) groups is 1. The van der Waals surface area contributed by atoms with E-state index in [1.165, 1.54) is 6.07 Å². The van der Waals surface area contributed by atoms with E-state index in [1.807, 2.05) is 35.2 Å². The predicted molar refractivity (Wildman–Crippen MR) is 120 cm³/mol. The average Bonchev–Trinajstić information content (AvgIpc) is 3.13. The van der Waals surface area contributed by atoms with Gasteiger partial charge in [-0.15, -0.1) is 0 Å². The Hall–Kier alpha value is -3.94. The van der Waals surface area contributed by atoms with Crippen molar-refractivity contribution >= 4 is 34.4 Å². The molecule has 1 amide bonds. The Labute approximate surface area is 179 Å². The zero-order valence-electron chi connectivity index (χ0n) is 16.8. The molecule has 2 aromatic carbocycles. The van der Waals surface area contributed by atoms with Gasteiger partial charge in [0.2, 0.25) is 0 Å². The molecule has 0 unspecified atom stereocenters. The van der Waals surface area contributed by atoms with Gasteiger partial charge in [-0.25, -0.2) is 9.37 Å². The molecule has 5 rings (SSSR count). The van der Waals surface area contributed by atoms with Crippen LogP contribution >= 0.6 is 0 Å². The van der Waals surface area contributed by atoms with Crippen molar-refractivity contribution < 1.29 is 9.18 Å². The van der Waals surface area contributed by atoms with Crippen LogP contribution in [0.3, 0.4) is 0 Å². The molecule has 0 bridgehead atoms. The van der Waals surface area contributed by atoms with Gasteiger partial charge in [0.25, 0.3) is 5.91 Å². The molecule has 2 aliphatic heterocycles. The van der Waals surface area contributed by atoms with Gasteiger partial charge >= 0.3 is 0 Å². The molecule has 31 heavy (non-hydrogen) atoms. The van der Waals surface area contributed by atoms with E-state index in [4.69, 9.17) is 0 Å². The van der Waals surface area contributed by atoms with Gasteiger partial charge < -0.3 is 20.4 Å². The number of rotatable bonds is 4. The number of hydrogen-bond acceptors (Lipinski definition) is 6. The number of piperazine rings is 1. The van der Waals surface area contributed by atoms with Gasteiger partial charge in [-0.05, 0) is 24.3 Å². The van der Waals surface area contributed by atoms with Crippen LogP contribution in [0, 0.1) is 5.82 Å². The third-order valence-corrected chi connectivity index (χ3v) is 5.53. The third-order valence-electron chi connectivity index (χ3n) is 5.53. The number of halogens is 1. The molecule has 0 atom stereocenters. The lowest BCUT2D eigenvalue weighted by atomic mass is 10.1. The van der Waals surface area contributed by atoms with Gasteiger partial charge in [0.15, 0.2) is 0 Å². The molecule has 1 fully saturated rings. The fourth-order valence-corrected chi connectivity index (χ4v) is 3.92. The van der Waals surface area contributed by atoms with Crippen molar-refractivity contribution in [1.82, 2.24) is 9.97 Å². The minimum absolute atomic E-state index is 0.174. The summed E-state index contributed by atoms with van der Waals surface area (Å²) in [6, 6.07) is 12.5. The molecular weight excluding hydrogens is 395 g/mol. The van der Waals surface area contributed by atoms with Crippen LogP contribution in [-0.2, 0) is 4.79 Å². The number of fused-ring (bicyclic) bond motifs is 1. The Morgan fingerprint density at radius 2 is 1.84 bits per heavy atom. The number of benzene rings is 2. The van der Waals surface area contributed by atoms with Crippen LogP contribution in [0.2, 0.25) is 0 Å². The summed E-state index contributed by atoms with van der Waals surface area (Å²) in [6.07, 6.45) is 6.69. The van der Waals surface area contributed by atoms with E-state index in [0.29, 0.717) is 30.0 Å². The molecule has 7 nitrogen and oxygen atoms in total. The van der Waals surface area contributed by atoms with E-state index in [-0.39, 0.29) is 11.7 Å². The van der Waals surface area contributed by atoms with Crippen LogP contribution < -0.4 is 20.4 Å². The molecule has 156 valence electrons. The summed E-state index contributed by atoms with van der Waals surface area (Å²) >= 11 is 0. The number of amides is 1. The SMILES string of the molecule is O=C1Nc2ccccc2C1=CNc1ccc(N2CCN(c3cnccn3)CC2)c(F)c1. The van der Waals surface area contributed by atoms with Crippen LogP contribution in [-0.4, -0.2) is 42.1 Å². The number of anilines is 4. The molecule has 3 aromatic rings. The Kier molecular flexibility index (Phi) is 4.95. The second-order valence-electron chi connectivity index (χ2n) is 7.41. The quantitative estimate of drug-likeness (QED) is 0.636. The van der Waals surface area contributed by atoms with E-state index >= 15 is 0 Å². The number of nitrogens with zero attached hydrogens (tertiary/aromatic N) is 4. The summed E-state index contributed by atoms with van der Waals surface area (Å²) < 4.78 is 14.9. The second-order valence-corrected chi connectivity index (χ2v) is 7.41. The first-order valence-corrected chi connectivity index (χ1v) is 10.1. The van der Waals surface area contributed by atoms with Crippen molar-refractivity contribution in [3.63, 3.8) is 0 Å². The second kappa shape index (κ2) is 8.06. The maximum atomic E-state index is 14.9. The van der Waals surface area contributed by atoms with Crippen molar-refractivity contribution in [3.8, 4) is 0 Å². The normalized spacial score (nSPS) is 16.9. The Balaban J connectivity index is 1.26. The van der Waals surface area contributed by atoms with E-state index in [2.05, 4.69) is 25.5 Å². The number of para-hydroxylation sites is 1. The summed E-state index contributed by atoms with van der Waals surface area (Å²) in [7, 11) is 0. The zero-order valence-corrected chi connectivity index (χ0v) is 16.8. The maximum absolute atomic E-state index is 14.9. The van der Waals surface area contributed by atoms with Gasteiger partial charge in [0.1, 0.15) is 11.6 Å². The minimum Gasteiger partial charge on any atom is -0.366 e. The molecule has 8 heteroatoms. The van der Waals surface area contributed by atoms with Gasteiger partial charge in [0.05, 0.1) is 17.5 Å². The number of nitrogens with one attached hydrogen (secondary N) is 2. The molecule has 0 radical (unpaired) electrons. The van der Waals surface area contributed by atoms with Crippen molar-refractivity contribution in [2.45, 2.75) is 0 Å². The van der Waals surface area contributed by atoms with Crippen molar-refractivity contribution in [3.05, 3.63) is 78.6 Å². The highest BCUT2D eigenvalue weighted by Crippen LogP contribution is 2.31. The number of carbonyl (C=O) groups excluding carboxylic acids is 1. The number of aromatic nitrogens is 2. The summed E-state index contributed by atoms with van der Waals surface area (Å²) in [5, 5.41) is 5.87. The van der Waals surface area contributed by atoms with Crippen molar-refractivity contribution in [2.75, 3.05) is 46.6 Å². The van der Waals surface area contributed by atoms with Gasteiger partial charge in [-0.3, -0.25) is 9.78 Å². The molecule has 2 aliphatic rings. The van der Waals surface area contributed by atoms with E-state index in [0.717, 1.165) is 30.2 Å². The fourth-order valence-electron chi connectivity index (χ4n) is 3.92. The molecule has 0 spiro atoms. The Morgan fingerprint density at radius 3 is 2.61 bits per heavy atom. The lowest BCUT2D eigenvalue weighted by Gasteiger charge is -2.36. The highest BCUT2D eigenvalue weighted by molar-refractivity contribution is 6.31. The minimum atomic E-state index is -0.298. The summed E-state index contributed by atoms with van der Waals surface area (Å²) in [5.41, 5.74) is 3.30. The average molecular weight is 416 g/mol. The van der Waals surface area contributed by atoms with E-state index in [1.54, 1.807) is 30.9 Å². The third kappa shape index (κ3) is 3.79. The van der Waals surface area contributed by atoms with Crippen LogP contribution in [0.15, 0.2) is 67.3 Å². The fraction of sp³-hybridized carbons (Fsp3) is 0.174. The molecule has 0 aliphatic carbocycles. The highest BCUT2D eigenvalue weighted by atomic mass is 19.1. The summed E-state index contributed by atoms with van der Waals surface area (Å²) in [6.45, 7) is 2.89. The summed E-state index contributed by atoms with van der Waals surface area (Å²) in [4.78, 5) is 24.8. The monoisotopic (exact) mass is 416 g/mol.